The topological polar surface area (TPSA) is 38.9 Å². The SMILES string of the molecule is CC1CCC(N)(c2nc3c(s2)CC(C(C)(C)C)CC3)CC1. The summed E-state index contributed by atoms with van der Waals surface area (Å²) < 4.78 is 0. The highest BCUT2D eigenvalue weighted by Crippen LogP contribution is 2.43. The van der Waals surface area contributed by atoms with Crippen LogP contribution in [0.3, 0.4) is 0 Å². The van der Waals surface area contributed by atoms with Crippen LogP contribution in [0.2, 0.25) is 0 Å². The molecule has 1 aromatic rings. The highest BCUT2D eigenvalue weighted by Gasteiger charge is 2.37. The normalized spacial score (nSPS) is 33.8. The van der Waals surface area contributed by atoms with Gasteiger partial charge in [-0.2, -0.15) is 0 Å². The molecular formula is C18H30N2S. The highest BCUT2D eigenvalue weighted by atomic mass is 32.1. The second-order valence-corrected chi connectivity index (χ2v) is 9.62. The number of rotatable bonds is 1. The summed E-state index contributed by atoms with van der Waals surface area (Å²) in [5.74, 6) is 1.62. The van der Waals surface area contributed by atoms with Gasteiger partial charge < -0.3 is 5.73 Å². The van der Waals surface area contributed by atoms with Crippen molar-refractivity contribution in [1.29, 1.82) is 0 Å². The Morgan fingerprint density at radius 3 is 2.48 bits per heavy atom. The molecule has 3 rings (SSSR count). The van der Waals surface area contributed by atoms with E-state index in [9.17, 15) is 0 Å². The standard InChI is InChI=1S/C18H30N2S/c1-12-7-9-18(19,10-8-12)16-20-14-6-5-13(17(2,3)4)11-15(14)21-16/h12-13H,5-11,19H2,1-4H3. The lowest BCUT2D eigenvalue weighted by atomic mass is 9.73. The third-order valence-corrected chi connectivity index (χ3v) is 7.10. The minimum atomic E-state index is -0.133. The minimum Gasteiger partial charge on any atom is -0.319 e. The maximum absolute atomic E-state index is 6.72. The van der Waals surface area contributed by atoms with Crippen LogP contribution in [0, 0.1) is 17.3 Å². The quantitative estimate of drug-likeness (QED) is 0.819. The van der Waals surface area contributed by atoms with E-state index < -0.39 is 0 Å². The van der Waals surface area contributed by atoms with Gasteiger partial charge in [-0.25, -0.2) is 4.98 Å². The van der Waals surface area contributed by atoms with E-state index in [-0.39, 0.29) is 5.54 Å². The second kappa shape index (κ2) is 5.34. The molecule has 0 aliphatic heterocycles. The Hall–Kier alpha value is -0.410. The summed E-state index contributed by atoms with van der Waals surface area (Å²) in [4.78, 5) is 6.51. The van der Waals surface area contributed by atoms with Crippen LogP contribution >= 0.6 is 11.3 Å². The first-order valence-electron chi connectivity index (χ1n) is 8.56. The van der Waals surface area contributed by atoms with Gasteiger partial charge in [-0.05, 0) is 62.2 Å². The van der Waals surface area contributed by atoms with Gasteiger partial charge in [-0.3, -0.25) is 0 Å². The Labute approximate surface area is 133 Å². The molecule has 0 bridgehead atoms. The lowest BCUT2D eigenvalue weighted by molar-refractivity contribution is 0.216. The summed E-state index contributed by atoms with van der Waals surface area (Å²) in [5.41, 5.74) is 8.36. The van der Waals surface area contributed by atoms with Crippen LogP contribution in [0.1, 0.15) is 75.4 Å². The Morgan fingerprint density at radius 1 is 1.19 bits per heavy atom. The van der Waals surface area contributed by atoms with Crippen molar-refractivity contribution in [2.45, 2.75) is 78.2 Å². The molecule has 2 aliphatic rings. The van der Waals surface area contributed by atoms with Gasteiger partial charge in [-0.1, -0.05) is 27.7 Å². The molecule has 1 saturated carbocycles. The predicted octanol–water partition coefficient (Wildman–Crippen LogP) is 4.66. The zero-order valence-corrected chi connectivity index (χ0v) is 14.9. The van der Waals surface area contributed by atoms with E-state index in [2.05, 4.69) is 27.7 Å². The van der Waals surface area contributed by atoms with Crippen molar-refractivity contribution < 1.29 is 0 Å². The van der Waals surface area contributed by atoms with Gasteiger partial charge in [0, 0.05) is 4.88 Å². The maximum atomic E-state index is 6.72. The molecule has 3 heteroatoms. The van der Waals surface area contributed by atoms with Crippen LogP contribution in [0.4, 0.5) is 0 Å². The Kier molecular flexibility index (Phi) is 3.94. The maximum Gasteiger partial charge on any atom is 0.113 e. The van der Waals surface area contributed by atoms with E-state index >= 15 is 0 Å². The van der Waals surface area contributed by atoms with Crippen molar-refractivity contribution in [1.82, 2.24) is 4.98 Å². The van der Waals surface area contributed by atoms with Crippen LogP contribution in [-0.4, -0.2) is 4.98 Å². The van der Waals surface area contributed by atoms with Crippen molar-refractivity contribution >= 4 is 11.3 Å². The van der Waals surface area contributed by atoms with Crippen LogP contribution in [0.5, 0.6) is 0 Å². The molecule has 0 radical (unpaired) electrons. The Bertz CT molecular complexity index is 504. The molecule has 1 fully saturated rings. The zero-order chi connectivity index (χ0) is 15.3. The van der Waals surface area contributed by atoms with Crippen molar-refractivity contribution in [3.05, 3.63) is 15.6 Å². The van der Waals surface area contributed by atoms with E-state index in [0.29, 0.717) is 5.41 Å². The van der Waals surface area contributed by atoms with E-state index in [1.165, 1.54) is 41.3 Å². The lowest BCUT2D eigenvalue weighted by Crippen LogP contribution is -2.40. The number of fused-ring (bicyclic) bond motifs is 1. The molecule has 1 heterocycles. The summed E-state index contributed by atoms with van der Waals surface area (Å²) in [5, 5.41) is 1.23. The van der Waals surface area contributed by atoms with Crippen LogP contribution in [-0.2, 0) is 18.4 Å². The van der Waals surface area contributed by atoms with Gasteiger partial charge in [0.2, 0.25) is 0 Å². The fourth-order valence-corrected chi connectivity index (χ4v) is 5.16. The molecule has 2 N–H and O–H groups in total. The van der Waals surface area contributed by atoms with Gasteiger partial charge in [0.05, 0.1) is 11.2 Å². The van der Waals surface area contributed by atoms with Gasteiger partial charge in [0.25, 0.3) is 0 Å². The van der Waals surface area contributed by atoms with E-state index in [1.54, 1.807) is 0 Å². The first kappa shape index (κ1) is 15.5. The predicted molar refractivity (Wildman–Crippen MR) is 90.6 cm³/mol. The molecule has 0 spiro atoms. The summed E-state index contributed by atoms with van der Waals surface area (Å²) in [6, 6.07) is 0. The lowest BCUT2D eigenvalue weighted by Gasteiger charge is -2.34. The second-order valence-electron chi connectivity index (χ2n) is 8.53. The number of hydrogen-bond acceptors (Lipinski definition) is 3. The van der Waals surface area contributed by atoms with Crippen molar-refractivity contribution in [2.75, 3.05) is 0 Å². The summed E-state index contributed by atoms with van der Waals surface area (Å²) >= 11 is 1.93. The molecule has 1 unspecified atom stereocenters. The average molecular weight is 307 g/mol. The fraction of sp³-hybridized carbons (Fsp3) is 0.833. The summed E-state index contributed by atoms with van der Waals surface area (Å²) in [6.45, 7) is 9.47. The molecular weight excluding hydrogens is 276 g/mol. The first-order chi connectivity index (χ1) is 9.78. The molecule has 0 amide bonds. The van der Waals surface area contributed by atoms with Crippen LogP contribution in [0.15, 0.2) is 0 Å². The van der Waals surface area contributed by atoms with Gasteiger partial charge in [0.15, 0.2) is 0 Å². The third-order valence-electron chi connectivity index (χ3n) is 5.76. The molecule has 2 nitrogen and oxygen atoms in total. The van der Waals surface area contributed by atoms with Crippen molar-refractivity contribution in [3.63, 3.8) is 0 Å². The Morgan fingerprint density at radius 2 is 1.86 bits per heavy atom. The van der Waals surface area contributed by atoms with Crippen LogP contribution < -0.4 is 5.73 Å². The third kappa shape index (κ3) is 3.05. The first-order valence-corrected chi connectivity index (χ1v) is 9.37. The number of aryl methyl sites for hydroxylation is 1. The van der Waals surface area contributed by atoms with Crippen molar-refractivity contribution in [2.24, 2.45) is 23.0 Å². The van der Waals surface area contributed by atoms with E-state index in [4.69, 9.17) is 10.7 Å². The molecule has 1 atom stereocenters. The number of aromatic nitrogens is 1. The average Bonchev–Trinajstić information content (AvgIpc) is 2.85. The zero-order valence-electron chi connectivity index (χ0n) is 14.0. The van der Waals surface area contributed by atoms with Gasteiger partial charge in [-0.15, -0.1) is 11.3 Å². The van der Waals surface area contributed by atoms with Crippen molar-refractivity contribution in [3.8, 4) is 0 Å². The smallest absolute Gasteiger partial charge is 0.113 e. The summed E-state index contributed by atoms with van der Waals surface area (Å²) in [7, 11) is 0. The van der Waals surface area contributed by atoms with Crippen LogP contribution in [0.25, 0.3) is 0 Å². The molecule has 118 valence electrons. The number of nitrogens with zero attached hydrogens (tertiary/aromatic N) is 1. The summed E-state index contributed by atoms with van der Waals surface area (Å²) in [6.07, 6.45) is 8.39. The molecule has 0 aromatic carbocycles. The molecule has 21 heavy (non-hydrogen) atoms. The largest absolute Gasteiger partial charge is 0.319 e. The highest BCUT2D eigenvalue weighted by molar-refractivity contribution is 7.11. The number of thiazole rings is 1. The van der Waals surface area contributed by atoms with Gasteiger partial charge in [0.1, 0.15) is 5.01 Å². The number of nitrogens with two attached hydrogens (primary N) is 1. The molecule has 1 aromatic heterocycles. The van der Waals surface area contributed by atoms with Gasteiger partial charge >= 0.3 is 0 Å². The van der Waals surface area contributed by atoms with E-state index in [0.717, 1.165) is 31.1 Å². The molecule has 0 saturated heterocycles. The fourth-order valence-electron chi connectivity index (χ4n) is 3.82. The monoisotopic (exact) mass is 306 g/mol. The Balaban J connectivity index is 1.81. The van der Waals surface area contributed by atoms with E-state index in [1.807, 2.05) is 11.3 Å². The molecule has 2 aliphatic carbocycles. The minimum absolute atomic E-state index is 0.133. The number of hydrogen-bond donors (Lipinski definition) is 1.